The topological polar surface area (TPSA) is 98.8 Å². The fourth-order valence-corrected chi connectivity index (χ4v) is 2.19. The lowest BCUT2D eigenvalue weighted by molar-refractivity contribution is -0.139. The zero-order valence-electron chi connectivity index (χ0n) is 17.1. The molecule has 0 heterocycles. The lowest BCUT2D eigenvalue weighted by Crippen LogP contribution is -2.06. The Balaban J connectivity index is 0.000000467. The number of hydrogen-bond acceptors (Lipinski definition) is 5. The zero-order valence-corrected chi connectivity index (χ0v) is 17.1. The van der Waals surface area contributed by atoms with Crippen molar-refractivity contribution >= 4 is 17.6 Å². The summed E-state index contributed by atoms with van der Waals surface area (Å²) in [5.74, 6) is -0.869. The van der Waals surface area contributed by atoms with Gasteiger partial charge < -0.3 is 20.3 Å². The summed E-state index contributed by atoms with van der Waals surface area (Å²) in [5, 5.41) is 8.78. The Morgan fingerprint density at radius 3 is 2.03 bits per heavy atom. The zero-order chi connectivity index (χ0) is 22.4. The van der Waals surface area contributed by atoms with Gasteiger partial charge in [0.15, 0.2) is 0 Å². The third kappa shape index (κ3) is 10.8. The first-order chi connectivity index (χ1) is 14.3. The highest BCUT2D eigenvalue weighted by molar-refractivity contribution is 5.87. The lowest BCUT2D eigenvalue weighted by Gasteiger charge is -2.07. The third-order valence-electron chi connectivity index (χ3n) is 3.86. The molecule has 0 aliphatic heterocycles. The van der Waals surface area contributed by atoms with E-state index in [-0.39, 0.29) is 17.3 Å². The number of carbonyl (C=O) groups excluding carboxylic acids is 1. The number of halogens is 1. The second-order valence-corrected chi connectivity index (χ2v) is 6.56. The van der Waals surface area contributed by atoms with Crippen LogP contribution in [0.15, 0.2) is 60.7 Å². The molecule has 7 heteroatoms. The van der Waals surface area contributed by atoms with Gasteiger partial charge in [0, 0.05) is 11.3 Å². The normalized spacial score (nSPS) is 9.80. The second-order valence-electron chi connectivity index (χ2n) is 6.56. The average molecular weight is 417 g/mol. The third-order valence-corrected chi connectivity index (χ3v) is 3.86. The van der Waals surface area contributed by atoms with E-state index < -0.39 is 5.97 Å². The van der Waals surface area contributed by atoms with E-state index >= 15 is 0 Å². The van der Waals surface area contributed by atoms with E-state index in [0.29, 0.717) is 30.2 Å². The van der Waals surface area contributed by atoms with Gasteiger partial charge in [-0.1, -0.05) is 6.58 Å². The highest BCUT2D eigenvalue weighted by atomic mass is 19.1. The maximum absolute atomic E-state index is 12.0. The van der Waals surface area contributed by atoms with Gasteiger partial charge in [-0.2, -0.15) is 0 Å². The molecule has 2 aromatic carbocycles. The molecule has 0 saturated heterocycles. The molecule has 162 valence electrons. The SMILES string of the molecule is C=C(C)C(=O)OCCCCCCOc1ccc(C(=O)O)cc1.Nc1ccc(F)cc1. The van der Waals surface area contributed by atoms with Crippen LogP contribution in [-0.4, -0.2) is 30.3 Å². The molecule has 3 N–H and O–H groups in total. The first-order valence-electron chi connectivity index (χ1n) is 9.59. The van der Waals surface area contributed by atoms with Crippen molar-refractivity contribution in [2.45, 2.75) is 32.6 Å². The van der Waals surface area contributed by atoms with E-state index in [1.807, 2.05) is 0 Å². The summed E-state index contributed by atoms with van der Waals surface area (Å²) in [7, 11) is 0. The van der Waals surface area contributed by atoms with Crippen LogP contribution in [0, 0.1) is 5.82 Å². The number of aromatic carboxylic acids is 1. The van der Waals surface area contributed by atoms with Crippen LogP contribution in [0.5, 0.6) is 5.75 Å². The molecule has 6 nitrogen and oxygen atoms in total. The number of anilines is 1. The van der Waals surface area contributed by atoms with Gasteiger partial charge in [0.25, 0.3) is 0 Å². The maximum atomic E-state index is 12.0. The summed E-state index contributed by atoms with van der Waals surface area (Å²) >= 11 is 0. The van der Waals surface area contributed by atoms with Crippen LogP contribution in [0.25, 0.3) is 0 Å². The molecular formula is C23H28FNO5. The molecule has 0 aliphatic rings. The van der Waals surface area contributed by atoms with Crippen molar-refractivity contribution in [3.8, 4) is 5.75 Å². The van der Waals surface area contributed by atoms with Gasteiger partial charge >= 0.3 is 11.9 Å². The van der Waals surface area contributed by atoms with E-state index in [0.717, 1.165) is 25.7 Å². The molecule has 0 saturated carbocycles. The van der Waals surface area contributed by atoms with Crippen LogP contribution >= 0.6 is 0 Å². The number of carboxylic acids is 1. The van der Waals surface area contributed by atoms with Crippen LogP contribution in [0.1, 0.15) is 43.0 Å². The highest BCUT2D eigenvalue weighted by Crippen LogP contribution is 2.13. The number of ether oxygens (including phenoxy) is 2. The van der Waals surface area contributed by atoms with Gasteiger partial charge in [0.1, 0.15) is 11.6 Å². The number of esters is 1. The largest absolute Gasteiger partial charge is 0.494 e. The van der Waals surface area contributed by atoms with Gasteiger partial charge in [-0.05, 0) is 81.1 Å². The number of benzene rings is 2. The minimum Gasteiger partial charge on any atom is -0.494 e. The van der Waals surface area contributed by atoms with Crippen molar-refractivity contribution in [2.75, 3.05) is 18.9 Å². The molecule has 0 aliphatic carbocycles. The molecule has 0 bridgehead atoms. The van der Waals surface area contributed by atoms with E-state index in [1.165, 1.54) is 36.4 Å². The Bertz CT molecular complexity index is 782. The van der Waals surface area contributed by atoms with E-state index in [1.54, 1.807) is 19.1 Å². The average Bonchev–Trinajstić information content (AvgIpc) is 2.72. The van der Waals surface area contributed by atoms with E-state index in [9.17, 15) is 14.0 Å². The first kappa shape index (κ1) is 24.7. The van der Waals surface area contributed by atoms with E-state index in [2.05, 4.69) is 6.58 Å². The fourth-order valence-electron chi connectivity index (χ4n) is 2.19. The lowest BCUT2D eigenvalue weighted by atomic mass is 10.2. The van der Waals surface area contributed by atoms with Crippen molar-refractivity contribution in [1.29, 1.82) is 0 Å². The smallest absolute Gasteiger partial charge is 0.335 e. The Morgan fingerprint density at radius 2 is 1.53 bits per heavy atom. The number of nitrogens with two attached hydrogens (primary N) is 1. The molecule has 0 atom stereocenters. The monoisotopic (exact) mass is 417 g/mol. The first-order valence-corrected chi connectivity index (χ1v) is 9.59. The Labute approximate surface area is 176 Å². The predicted molar refractivity (Wildman–Crippen MR) is 114 cm³/mol. The number of carboxylic acid groups (broad SMARTS) is 1. The van der Waals surface area contributed by atoms with Gasteiger partial charge in [0.05, 0.1) is 18.8 Å². The van der Waals surface area contributed by atoms with Gasteiger partial charge in [0.2, 0.25) is 0 Å². The second kappa shape index (κ2) is 13.8. The molecule has 0 unspecified atom stereocenters. The molecule has 0 radical (unpaired) electrons. The molecule has 0 amide bonds. The number of nitrogen functional groups attached to an aromatic ring is 1. The summed E-state index contributed by atoms with van der Waals surface area (Å²) in [5.41, 5.74) is 6.51. The fraction of sp³-hybridized carbons (Fsp3) is 0.304. The summed E-state index contributed by atoms with van der Waals surface area (Å²) in [6.07, 6.45) is 3.67. The van der Waals surface area contributed by atoms with Crippen molar-refractivity contribution in [3.05, 3.63) is 72.1 Å². The van der Waals surface area contributed by atoms with Crippen LogP contribution in [0.3, 0.4) is 0 Å². The Morgan fingerprint density at radius 1 is 0.967 bits per heavy atom. The molecule has 2 aromatic rings. The summed E-state index contributed by atoms with van der Waals surface area (Å²) in [4.78, 5) is 21.8. The van der Waals surface area contributed by atoms with Crippen LogP contribution in [0.2, 0.25) is 0 Å². The molecule has 2 rings (SSSR count). The number of unbranched alkanes of at least 4 members (excludes halogenated alkanes) is 3. The van der Waals surface area contributed by atoms with Crippen molar-refractivity contribution in [1.82, 2.24) is 0 Å². The molecular weight excluding hydrogens is 389 g/mol. The standard InChI is InChI=1S/C17H22O5.C6H6FN/c1-13(2)17(20)22-12-6-4-3-5-11-21-15-9-7-14(8-10-15)16(18)19;7-5-1-3-6(8)4-2-5/h7-10H,1,3-6,11-12H2,2H3,(H,18,19);1-4H,8H2. The Hall–Kier alpha value is -3.35. The molecule has 0 fully saturated rings. The van der Waals surface area contributed by atoms with Crippen LogP contribution in [0.4, 0.5) is 10.1 Å². The summed E-state index contributed by atoms with van der Waals surface area (Å²) in [6, 6.07) is 12.1. The van der Waals surface area contributed by atoms with Crippen molar-refractivity contribution in [2.24, 2.45) is 0 Å². The Kier molecular flexibility index (Phi) is 11.3. The quantitative estimate of drug-likeness (QED) is 0.248. The van der Waals surface area contributed by atoms with Gasteiger partial charge in [-0.3, -0.25) is 0 Å². The molecule has 0 spiro atoms. The minimum absolute atomic E-state index is 0.247. The van der Waals surface area contributed by atoms with Crippen LogP contribution in [-0.2, 0) is 9.53 Å². The van der Waals surface area contributed by atoms with E-state index in [4.69, 9.17) is 20.3 Å². The predicted octanol–water partition coefficient (Wildman–Crippen LogP) is 4.85. The molecule has 0 aromatic heterocycles. The van der Waals surface area contributed by atoms with Gasteiger partial charge in [-0.15, -0.1) is 0 Å². The number of hydrogen-bond donors (Lipinski definition) is 2. The summed E-state index contributed by atoms with van der Waals surface area (Å²) in [6.45, 7) is 6.14. The van der Waals surface area contributed by atoms with Crippen LogP contribution < -0.4 is 10.5 Å². The highest BCUT2D eigenvalue weighted by Gasteiger charge is 2.03. The van der Waals surface area contributed by atoms with Crippen molar-refractivity contribution < 1.29 is 28.6 Å². The molecule has 30 heavy (non-hydrogen) atoms. The van der Waals surface area contributed by atoms with Gasteiger partial charge in [-0.25, -0.2) is 14.0 Å². The van der Waals surface area contributed by atoms with Crippen molar-refractivity contribution in [3.63, 3.8) is 0 Å². The minimum atomic E-state index is -0.945. The maximum Gasteiger partial charge on any atom is 0.335 e. The number of rotatable bonds is 10. The summed E-state index contributed by atoms with van der Waals surface area (Å²) < 4.78 is 22.6. The number of carbonyl (C=O) groups is 2.